The molecule has 3 heteroatoms. The van der Waals surface area contributed by atoms with Gasteiger partial charge in [0.2, 0.25) is 0 Å². The van der Waals surface area contributed by atoms with Crippen LogP contribution in [0.4, 0.5) is 0 Å². The summed E-state index contributed by atoms with van der Waals surface area (Å²) < 4.78 is 0. The molecule has 0 aliphatic rings. The summed E-state index contributed by atoms with van der Waals surface area (Å²) in [5.74, 6) is 0.747. The molecule has 1 aromatic rings. The lowest BCUT2D eigenvalue weighted by Crippen LogP contribution is -2.38. The fraction of sp³-hybridized carbons (Fsp3) is 0.714. The van der Waals surface area contributed by atoms with E-state index in [0.29, 0.717) is 6.04 Å². The number of aryl methyl sites for hydroxylation is 1. The molecule has 2 nitrogen and oxygen atoms in total. The summed E-state index contributed by atoms with van der Waals surface area (Å²) >= 11 is 1.85. The fourth-order valence-electron chi connectivity index (χ4n) is 2.05. The van der Waals surface area contributed by atoms with Crippen LogP contribution in [0.1, 0.15) is 30.7 Å². The summed E-state index contributed by atoms with van der Waals surface area (Å²) in [5, 5.41) is 5.87. The zero-order chi connectivity index (χ0) is 12.8. The van der Waals surface area contributed by atoms with Crippen LogP contribution in [0.3, 0.4) is 0 Å². The van der Waals surface area contributed by atoms with E-state index in [-0.39, 0.29) is 0 Å². The molecular formula is C14H26N2S. The first kappa shape index (κ1) is 14.7. The normalized spacial score (nSPS) is 13.6. The van der Waals surface area contributed by atoms with Crippen LogP contribution in [0.5, 0.6) is 0 Å². The van der Waals surface area contributed by atoms with Gasteiger partial charge in [-0.25, -0.2) is 0 Å². The molecule has 98 valence electrons. The van der Waals surface area contributed by atoms with Gasteiger partial charge in [0.15, 0.2) is 0 Å². The van der Waals surface area contributed by atoms with E-state index in [9.17, 15) is 0 Å². The first-order valence-electron chi connectivity index (χ1n) is 6.40. The molecule has 1 N–H and O–H groups in total. The molecule has 0 saturated carbocycles. The highest BCUT2D eigenvalue weighted by molar-refractivity contribution is 7.10. The van der Waals surface area contributed by atoms with Crippen molar-refractivity contribution in [3.63, 3.8) is 0 Å². The van der Waals surface area contributed by atoms with Crippen molar-refractivity contribution in [3.05, 3.63) is 21.9 Å². The van der Waals surface area contributed by atoms with Crippen LogP contribution in [0.25, 0.3) is 0 Å². The molecule has 0 bridgehead atoms. The van der Waals surface area contributed by atoms with Crippen LogP contribution in [0.15, 0.2) is 11.4 Å². The number of nitrogens with one attached hydrogen (secondary N) is 1. The summed E-state index contributed by atoms with van der Waals surface area (Å²) in [4.78, 5) is 3.74. The standard InChI is InChI=1S/C14H26N2S/c1-11(2)8-13(10-16(4)5)15-9-14-12(3)6-7-17-14/h6-7,11,13,15H,8-10H2,1-5H3. The van der Waals surface area contributed by atoms with Gasteiger partial charge in [0.05, 0.1) is 0 Å². The lowest BCUT2D eigenvalue weighted by Gasteiger charge is -2.24. The van der Waals surface area contributed by atoms with Crippen molar-refractivity contribution in [2.24, 2.45) is 5.92 Å². The first-order chi connectivity index (χ1) is 7.99. The van der Waals surface area contributed by atoms with Crippen LogP contribution in [0.2, 0.25) is 0 Å². The largest absolute Gasteiger partial charge is 0.308 e. The van der Waals surface area contributed by atoms with Gasteiger partial charge in [0, 0.05) is 24.0 Å². The van der Waals surface area contributed by atoms with Crippen molar-refractivity contribution >= 4 is 11.3 Å². The lowest BCUT2D eigenvalue weighted by molar-refractivity contribution is 0.305. The molecule has 0 saturated heterocycles. The second kappa shape index (κ2) is 7.14. The van der Waals surface area contributed by atoms with Gasteiger partial charge in [0.1, 0.15) is 0 Å². The van der Waals surface area contributed by atoms with Gasteiger partial charge in [0.25, 0.3) is 0 Å². The molecule has 0 spiro atoms. The third-order valence-corrected chi connectivity index (χ3v) is 3.88. The van der Waals surface area contributed by atoms with E-state index in [2.05, 4.69) is 56.5 Å². The number of hydrogen-bond donors (Lipinski definition) is 1. The van der Waals surface area contributed by atoms with E-state index >= 15 is 0 Å². The average Bonchev–Trinajstić information content (AvgIpc) is 2.59. The van der Waals surface area contributed by atoms with Crippen molar-refractivity contribution < 1.29 is 0 Å². The molecule has 1 unspecified atom stereocenters. The molecule has 0 amide bonds. The summed E-state index contributed by atoms with van der Waals surface area (Å²) in [7, 11) is 4.29. The highest BCUT2D eigenvalue weighted by Crippen LogP contribution is 2.16. The zero-order valence-corrected chi connectivity index (χ0v) is 12.6. The van der Waals surface area contributed by atoms with Gasteiger partial charge in [-0.2, -0.15) is 0 Å². The number of likely N-dealkylation sites (N-methyl/N-ethyl adjacent to an activating group) is 1. The second-order valence-corrected chi connectivity index (χ2v) is 6.50. The van der Waals surface area contributed by atoms with Crippen LogP contribution >= 0.6 is 11.3 Å². The van der Waals surface area contributed by atoms with E-state index in [1.807, 2.05) is 11.3 Å². The van der Waals surface area contributed by atoms with Crippen molar-refractivity contribution in [1.82, 2.24) is 10.2 Å². The minimum absolute atomic E-state index is 0.589. The number of rotatable bonds is 7. The zero-order valence-electron chi connectivity index (χ0n) is 11.8. The van der Waals surface area contributed by atoms with E-state index in [1.54, 1.807) is 0 Å². The Morgan fingerprint density at radius 2 is 2.06 bits per heavy atom. The maximum atomic E-state index is 3.69. The summed E-state index contributed by atoms with van der Waals surface area (Å²) in [6.07, 6.45) is 1.24. The smallest absolute Gasteiger partial charge is 0.0305 e. The number of nitrogens with zero attached hydrogens (tertiary/aromatic N) is 1. The number of thiophene rings is 1. The molecule has 0 fully saturated rings. The Balaban J connectivity index is 2.45. The molecule has 0 aliphatic carbocycles. The Morgan fingerprint density at radius 3 is 2.53 bits per heavy atom. The molecule has 0 radical (unpaired) electrons. The maximum Gasteiger partial charge on any atom is 0.0305 e. The van der Waals surface area contributed by atoms with Crippen molar-refractivity contribution in [2.75, 3.05) is 20.6 Å². The van der Waals surface area contributed by atoms with Gasteiger partial charge < -0.3 is 10.2 Å². The predicted molar refractivity (Wildman–Crippen MR) is 77.7 cm³/mol. The van der Waals surface area contributed by atoms with Crippen molar-refractivity contribution in [1.29, 1.82) is 0 Å². The Labute approximate surface area is 110 Å². The maximum absolute atomic E-state index is 3.69. The predicted octanol–water partition coefficient (Wildman–Crippen LogP) is 3.12. The van der Waals surface area contributed by atoms with Gasteiger partial charge in [-0.15, -0.1) is 11.3 Å². The first-order valence-corrected chi connectivity index (χ1v) is 7.28. The minimum Gasteiger partial charge on any atom is -0.308 e. The Hall–Kier alpha value is -0.380. The second-order valence-electron chi connectivity index (χ2n) is 5.50. The van der Waals surface area contributed by atoms with Gasteiger partial charge in [-0.3, -0.25) is 0 Å². The summed E-state index contributed by atoms with van der Waals surface area (Å²) in [6.45, 7) is 8.90. The van der Waals surface area contributed by atoms with Gasteiger partial charge >= 0.3 is 0 Å². The van der Waals surface area contributed by atoms with Crippen LogP contribution in [-0.4, -0.2) is 31.6 Å². The van der Waals surface area contributed by atoms with Crippen LogP contribution in [0, 0.1) is 12.8 Å². The van der Waals surface area contributed by atoms with E-state index in [0.717, 1.165) is 19.0 Å². The van der Waals surface area contributed by atoms with Gasteiger partial charge in [-0.05, 0) is 50.4 Å². The molecule has 0 aromatic carbocycles. The molecule has 0 aliphatic heterocycles. The fourth-order valence-corrected chi connectivity index (χ4v) is 2.91. The monoisotopic (exact) mass is 254 g/mol. The molecule has 1 heterocycles. The lowest BCUT2D eigenvalue weighted by atomic mass is 10.0. The van der Waals surface area contributed by atoms with Gasteiger partial charge in [-0.1, -0.05) is 13.8 Å². The molecular weight excluding hydrogens is 228 g/mol. The van der Waals surface area contributed by atoms with E-state index < -0.39 is 0 Å². The molecule has 1 aromatic heterocycles. The Bertz CT molecular complexity index is 308. The summed E-state index contributed by atoms with van der Waals surface area (Å²) in [5.41, 5.74) is 1.41. The quantitative estimate of drug-likeness (QED) is 0.804. The minimum atomic E-state index is 0.589. The van der Waals surface area contributed by atoms with Crippen LogP contribution in [-0.2, 0) is 6.54 Å². The third kappa shape index (κ3) is 5.66. The summed E-state index contributed by atoms with van der Waals surface area (Å²) in [6, 6.07) is 2.79. The topological polar surface area (TPSA) is 15.3 Å². The molecule has 1 atom stereocenters. The highest BCUT2D eigenvalue weighted by Gasteiger charge is 2.12. The Morgan fingerprint density at radius 1 is 1.35 bits per heavy atom. The molecule has 1 rings (SSSR count). The van der Waals surface area contributed by atoms with Crippen LogP contribution < -0.4 is 5.32 Å². The SMILES string of the molecule is Cc1ccsc1CNC(CC(C)C)CN(C)C. The highest BCUT2D eigenvalue weighted by atomic mass is 32.1. The third-order valence-electron chi connectivity index (χ3n) is 2.86. The van der Waals surface area contributed by atoms with E-state index in [1.165, 1.54) is 16.9 Å². The number of hydrogen-bond acceptors (Lipinski definition) is 3. The Kier molecular flexibility index (Phi) is 6.17. The average molecular weight is 254 g/mol. The van der Waals surface area contributed by atoms with E-state index in [4.69, 9.17) is 0 Å². The molecule has 17 heavy (non-hydrogen) atoms. The van der Waals surface area contributed by atoms with Crippen molar-refractivity contribution in [3.8, 4) is 0 Å². The van der Waals surface area contributed by atoms with Crippen molar-refractivity contribution in [2.45, 2.75) is 39.8 Å².